The second-order valence-electron chi connectivity index (χ2n) is 5.25. The first-order chi connectivity index (χ1) is 12.2. The summed E-state index contributed by atoms with van der Waals surface area (Å²) in [6.07, 6.45) is 7.00. The predicted molar refractivity (Wildman–Crippen MR) is 95.6 cm³/mol. The summed E-state index contributed by atoms with van der Waals surface area (Å²) in [5.74, 6) is 0.0122. The summed E-state index contributed by atoms with van der Waals surface area (Å²) in [6, 6.07) is 7.98. The summed E-state index contributed by atoms with van der Waals surface area (Å²) in [6.45, 7) is 0. The third-order valence-electron chi connectivity index (χ3n) is 3.75. The van der Waals surface area contributed by atoms with E-state index in [1.165, 1.54) is 23.9 Å². The van der Waals surface area contributed by atoms with E-state index in [-0.39, 0.29) is 5.82 Å². The molecule has 0 unspecified atom stereocenters. The molecule has 0 amide bonds. The van der Waals surface area contributed by atoms with Crippen molar-refractivity contribution >= 4 is 23.2 Å². The number of nitrogen functional groups attached to an aromatic ring is 1. The maximum absolute atomic E-state index is 13.3. The molecule has 0 bridgehead atoms. The lowest BCUT2D eigenvalue weighted by atomic mass is 10.1. The number of benzene rings is 1. The van der Waals surface area contributed by atoms with Gasteiger partial charge < -0.3 is 5.73 Å². The normalized spacial score (nSPS) is 11.1. The highest BCUT2D eigenvalue weighted by atomic mass is 32.2. The van der Waals surface area contributed by atoms with Gasteiger partial charge in [0.25, 0.3) is 0 Å². The van der Waals surface area contributed by atoms with Crippen LogP contribution in [0.1, 0.15) is 0 Å². The van der Waals surface area contributed by atoms with Crippen LogP contribution in [0.3, 0.4) is 0 Å². The minimum atomic E-state index is -0.304. The number of nitrogens with two attached hydrogens (primary N) is 1. The van der Waals surface area contributed by atoms with Gasteiger partial charge in [-0.25, -0.2) is 24.3 Å². The van der Waals surface area contributed by atoms with E-state index in [4.69, 9.17) is 5.73 Å². The summed E-state index contributed by atoms with van der Waals surface area (Å²) >= 11 is 1.45. The Balaban J connectivity index is 2.04. The zero-order chi connectivity index (χ0) is 17.4. The number of imidazole rings is 1. The number of fused-ring (bicyclic) bond motifs is 1. The molecule has 0 aliphatic rings. The molecule has 0 fully saturated rings. The number of halogens is 1. The maximum Gasteiger partial charge on any atom is 0.187 e. The third kappa shape index (κ3) is 2.70. The monoisotopic (exact) mass is 352 g/mol. The number of aromatic nitrogens is 5. The highest BCUT2D eigenvalue weighted by Crippen LogP contribution is 2.33. The molecule has 25 heavy (non-hydrogen) atoms. The van der Waals surface area contributed by atoms with E-state index >= 15 is 0 Å². The zero-order valence-electron chi connectivity index (χ0n) is 13.2. The number of nitrogens with zero attached hydrogens (tertiary/aromatic N) is 5. The first-order valence-corrected chi connectivity index (χ1v) is 8.65. The Morgan fingerprint density at radius 2 is 1.84 bits per heavy atom. The second kappa shape index (κ2) is 6.14. The van der Waals surface area contributed by atoms with Gasteiger partial charge in [0.05, 0.1) is 17.1 Å². The number of thioether (sulfide) groups is 1. The van der Waals surface area contributed by atoms with Gasteiger partial charge >= 0.3 is 0 Å². The van der Waals surface area contributed by atoms with Crippen molar-refractivity contribution in [2.24, 2.45) is 0 Å². The fourth-order valence-corrected chi connectivity index (χ4v) is 2.98. The first kappa shape index (κ1) is 15.5. The van der Waals surface area contributed by atoms with E-state index in [1.54, 1.807) is 30.7 Å². The SMILES string of the molecule is CSc1nccc(-c2c(-c3ccc(F)cc3)nc3c(N)nccn23)n1. The molecule has 0 aliphatic heterocycles. The van der Waals surface area contributed by atoms with E-state index in [0.717, 1.165) is 11.3 Å². The molecule has 3 aromatic heterocycles. The molecule has 8 heteroatoms. The summed E-state index contributed by atoms with van der Waals surface area (Å²) in [5.41, 5.74) is 9.40. The van der Waals surface area contributed by atoms with E-state index in [0.29, 0.717) is 28.0 Å². The highest BCUT2D eigenvalue weighted by molar-refractivity contribution is 7.98. The van der Waals surface area contributed by atoms with E-state index < -0.39 is 0 Å². The number of rotatable bonds is 3. The molecule has 3 heterocycles. The quantitative estimate of drug-likeness (QED) is 0.450. The van der Waals surface area contributed by atoms with Crippen LogP contribution in [0.4, 0.5) is 10.2 Å². The van der Waals surface area contributed by atoms with Crippen molar-refractivity contribution < 1.29 is 4.39 Å². The summed E-state index contributed by atoms with van der Waals surface area (Å²) in [5, 5.41) is 0.652. The first-order valence-electron chi connectivity index (χ1n) is 7.43. The standard InChI is InChI=1S/C17H13FN6S/c1-25-17-21-7-6-12(22-17)14-13(10-2-4-11(18)5-3-10)23-16-15(19)20-8-9-24(14)16/h2-9H,1H3,(H2,19,20). The van der Waals surface area contributed by atoms with Crippen molar-refractivity contribution in [2.75, 3.05) is 12.0 Å². The fourth-order valence-electron chi connectivity index (χ4n) is 2.62. The average Bonchev–Trinajstić information content (AvgIpc) is 3.03. The van der Waals surface area contributed by atoms with Gasteiger partial charge in [-0.3, -0.25) is 4.40 Å². The minimum absolute atomic E-state index is 0.304. The molecule has 0 atom stereocenters. The Morgan fingerprint density at radius 3 is 2.60 bits per heavy atom. The van der Waals surface area contributed by atoms with Crippen LogP contribution in [0.2, 0.25) is 0 Å². The topological polar surface area (TPSA) is 82.0 Å². The van der Waals surface area contributed by atoms with Crippen LogP contribution < -0.4 is 5.73 Å². The zero-order valence-corrected chi connectivity index (χ0v) is 14.0. The van der Waals surface area contributed by atoms with Gasteiger partial charge in [0.2, 0.25) is 0 Å². The molecule has 0 aliphatic carbocycles. The Labute approximate surface area is 147 Å². The second-order valence-corrected chi connectivity index (χ2v) is 6.02. The predicted octanol–water partition coefficient (Wildman–Crippen LogP) is 3.30. The molecule has 6 nitrogen and oxygen atoms in total. The molecule has 4 aromatic rings. The van der Waals surface area contributed by atoms with Crippen LogP contribution in [-0.4, -0.2) is 30.6 Å². The molecule has 0 radical (unpaired) electrons. The summed E-state index contributed by atoms with van der Waals surface area (Å²) in [7, 11) is 0. The smallest absolute Gasteiger partial charge is 0.187 e. The Bertz CT molecular complexity index is 1060. The van der Waals surface area contributed by atoms with Crippen molar-refractivity contribution in [3.8, 4) is 22.6 Å². The molecular formula is C17H13FN6S. The molecule has 0 spiro atoms. The van der Waals surface area contributed by atoms with Crippen LogP contribution in [0.25, 0.3) is 28.3 Å². The lowest BCUT2D eigenvalue weighted by Gasteiger charge is -2.06. The molecule has 0 saturated heterocycles. The number of anilines is 1. The van der Waals surface area contributed by atoms with Gasteiger partial charge in [-0.2, -0.15) is 0 Å². The van der Waals surface area contributed by atoms with E-state index in [1.807, 2.05) is 16.7 Å². The molecular weight excluding hydrogens is 339 g/mol. The largest absolute Gasteiger partial charge is 0.381 e. The van der Waals surface area contributed by atoms with Crippen LogP contribution in [0.5, 0.6) is 0 Å². The van der Waals surface area contributed by atoms with Crippen LogP contribution in [0.15, 0.2) is 54.1 Å². The highest BCUT2D eigenvalue weighted by Gasteiger charge is 2.19. The molecule has 1 aromatic carbocycles. The molecule has 0 saturated carbocycles. The van der Waals surface area contributed by atoms with Crippen molar-refractivity contribution in [1.29, 1.82) is 0 Å². The lowest BCUT2D eigenvalue weighted by molar-refractivity contribution is 0.628. The number of hydrogen-bond donors (Lipinski definition) is 1. The van der Waals surface area contributed by atoms with E-state index in [2.05, 4.69) is 19.9 Å². The Hall–Kier alpha value is -3.00. The lowest BCUT2D eigenvalue weighted by Crippen LogP contribution is -1.98. The Kier molecular flexibility index (Phi) is 3.81. The van der Waals surface area contributed by atoms with Crippen LogP contribution in [-0.2, 0) is 0 Å². The summed E-state index contributed by atoms with van der Waals surface area (Å²) < 4.78 is 15.2. The van der Waals surface area contributed by atoms with Crippen LogP contribution >= 0.6 is 11.8 Å². The van der Waals surface area contributed by atoms with Gasteiger partial charge in [-0.05, 0) is 36.6 Å². The Morgan fingerprint density at radius 1 is 1.04 bits per heavy atom. The summed E-state index contributed by atoms with van der Waals surface area (Å²) in [4.78, 5) is 17.5. The molecule has 124 valence electrons. The molecule has 2 N–H and O–H groups in total. The third-order valence-corrected chi connectivity index (χ3v) is 4.31. The van der Waals surface area contributed by atoms with Crippen molar-refractivity contribution in [2.45, 2.75) is 5.16 Å². The van der Waals surface area contributed by atoms with Gasteiger partial charge in [0, 0.05) is 24.2 Å². The fraction of sp³-hybridized carbons (Fsp3) is 0.0588. The number of hydrogen-bond acceptors (Lipinski definition) is 6. The van der Waals surface area contributed by atoms with Gasteiger partial charge in [0.15, 0.2) is 16.6 Å². The van der Waals surface area contributed by atoms with Crippen molar-refractivity contribution in [3.63, 3.8) is 0 Å². The van der Waals surface area contributed by atoms with Gasteiger partial charge in [0.1, 0.15) is 5.82 Å². The van der Waals surface area contributed by atoms with E-state index in [9.17, 15) is 4.39 Å². The maximum atomic E-state index is 13.3. The van der Waals surface area contributed by atoms with Gasteiger partial charge in [-0.15, -0.1) is 0 Å². The van der Waals surface area contributed by atoms with Crippen molar-refractivity contribution in [1.82, 2.24) is 24.3 Å². The van der Waals surface area contributed by atoms with Crippen molar-refractivity contribution in [3.05, 3.63) is 54.7 Å². The van der Waals surface area contributed by atoms with Crippen LogP contribution in [0, 0.1) is 5.82 Å². The average molecular weight is 352 g/mol. The van der Waals surface area contributed by atoms with Gasteiger partial charge in [-0.1, -0.05) is 11.8 Å². The molecule has 4 rings (SSSR count). The minimum Gasteiger partial charge on any atom is -0.381 e.